The predicted molar refractivity (Wildman–Crippen MR) is 75.1 cm³/mol. The normalized spacial score (nSPS) is 19.5. The molecule has 0 saturated heterocycles. The number of aromatic nitrogens is 2. The van der Waals surface area contributed by atoms with Crippen LogP contribution >= 0.6 is 24.8 Å². The molecule has 0 aromatic carbocycles. The molecule has 0 saturated carbocycles. The van der Waals surface area contributed by atoms with Gasteiger partial charge in [-0.05, 0) is 13.5 Å². The van der Waals surface area contributed by atoms with Gasteiger partial charge in [0.25, 0.3) is 0 Å². The summed E-state index contributed by atoms with van der Waals surface area (Å²) in [7, 11) is 0. The van der Waals surface area contributed by atoms with Crippen molar-refractivity contribution in [2.75, 3.05) is 18.8 Å². The van der Waals surface area contributed by atoms with Gasteiger partial charge in [-0.2, -0.15) is 0 Å². The highest BCUT2D eigenvalue weighted by molar-refractivity contribution is 5.85. The van der Waals surface area contributed by atoms with Crippen LogP contribution < -0.4 is 5.73 Å². The molecule has 2 N–H and O–H groups in total. The van der Waals surface area contributed by atoms with E-state index in [2.05, 4.69) is 28.7 Å². The highest BCUT2D eigenvalue weighted by Crippen LogP contribution is 2.16. The summed E-state index contributed by atoms with van der Waals surface area (Å²) in [5.41, 5.74) is 7.86. The average Bonchev–Trinajstić information content (AvgIpc) is 2.35. The summed E-state index contributed by atoms with van der Waals surface area (Å²) in [5, 5.41) is 0. The molecular formula is C11H20Cl2N4. The zero-order chi connectivity index (χ0) is 10.8. The summed E-state index contributed by atoms with van der Waals surface area (Å²) in [6.07, 6.45) is 3.60. The largest absolute Gasteiger partial charge is 0.382 e. The van der Waals surface area contributed by atoms with Gasteiger partial charge in [0.05, 0.1) is 17.6 Å². The molecular weight excluding hydrogens is 259 g/mol. The zero-order valence-corrected chi connectivity index (χ0v) is 11.9. The first kappa shape index (κ1) is 16.4. The molecule has 0 unspecified atom stereocenters. The molecule has 2 heterocycles. The van der Waals surface area contributed by atoms with Gasteiger partial charge in [-0.15, -0.1) is 24.8 Å². The third-order valence-electron chi connectivity index (χ3n) is 3.10. The van der Waals surface area contributed by atoms with Crippen LogP contribution in [0.15, 0.2) is 6.20 Å². The van der Waals surface area contributed by atoms with E-state index in [1.807, 2.05) is 0 Å². The summed E-state index contributed by atoms with van der Waals surface area (Å²) in [4.78, 5) is 11.2. The second-order valence-corrected chi connectivity index (χ2v) is 4.12. The van der Waals surface area contributed by atoms with E-state index in [1.54, 1.807) is 6.20 Å². The van der Waals surface area contributed by atoms with Crippen LogP contribution in [0, 0.1) is 0 Å². The molecule has 1 atom stereocenters. The minimum atomic E-state index is 0. The lowest BCUT2D eigenvalue weighted by molar-refractivity contribution is 0.227. The number of nitrogen functional groups attached to an aromatic ring is 1. The Morgan fingerprint density at radius 3 is 2.76 bits per heavy atom. The lowest BCUT2D eigenvalue weighted by Gasteiger charge is -2.24. The highest BCUT2D eigenvalue weighted by atomic mass is 35.5. The Labute approximate surface area is 115 Å². The Morgan fingerprint density at radius 2 is 2.12 bits per heavy atom. The first-order valence-electron chi connectivity index (χ1n) is 5.55. The highest BCUT2D eigenvalue weighted by Gasteiger charge is 2.20. The Morgan fingerprint density at radius 1 is 1.41 bits per heavy atom. The van der Waals surface area contributed by atoms with Crippen molar-refractivity contribution in [2.45, 2.75) is 32.7 Å². The van der Waals surface area contributed by atoms with Crippen LogP contribution in [0.3, 0.4) is 0 Å². The summed E-state index contributed by atoms with van der Waals surface area (Å²) in [6.45, 7) is 6.60. The second kappa shape index (κ2) is 6.99. The number of nitrogens with two attached hydrogens (primary N) is 1. The lowest BCUT2D eigenvalue weighted by Crippen LogP contribution is -2.34. The molecule has 4 nitrogen and oxygen atoms in total. The third-order valence-corrected chi connectivity index (χ3v) is 3.10. The number of nitrogens with zero attached hydrogens (tertiary/aromatic N) is 3. The van der Waals surface area contributed by atoms with Gasteiger partial charge in [0.15, 0.2) is 0 Å². The van der Waals surface area contributed by atoms with E-state index in [-0.39, 0.29) is 24.8 Å². The smallest absolute Gasteiger partial charge is 0.142 e. The Bertz CT molecular complexity index is 359. The van der Waals surface area contributed by atoms with Gasteiger partial charge in [0.2, 0.25) is 0 Å². The molecule has 98 valence electrons. The molecule has 1 aromatic rings. The molecule has 1 aliphatic heterocycles. The van der Waals surface area contributed by atoms with Crippen LogP contribution in [-0.4, -0.2) is 34.0 Å². The monoisotopic (exact) mass is 278 g/mol. The van der Waals surface area contributed by atoms with E-state index < -0.39 is 0 Å². The molecule has 0 spiro atoms. The first-order chi connectivity index (χ1) is 7.20. The minimum absolute atomic E-state index is 0. The number of fused-ring (bicyclic) bond motifs is 1. The van der Waals surface area contributed by atoms with Crippen molar-refractivity contribution < 1.29 is 0 Å². The fourth-order valence-electron chi connectivity index (χ4n) is 2.19. The molecule has 6 heteroatoms. The van der Waals surface area contributed by atoms with Crippen molar-refractivity contribution in [1.82, 2.24) is 14.9 Å². The number of hydrogen-bond acceptors (Lipinski definition) is 4. The van der Waals surface area contributed by atoms with Crippen molar-refractivity contribution in [3.63, 3.8) is 0 Å². The molecule has 0 amide bonds. The molecule has 0 fully saturated rings. The summed E-state index contributed by atoms with van der Waals surface area (Å²) in [5.74, 6) is 0.533. The van der Waals surface area contributed by atoms with E-state index in [4.69, 9.17) is 5.73 Å². The van der Waals surface area contributed by atoms with Crippen molar-refractivity contribution >= 4 is 30.6 Å². The third kappa shape index (κ3) is 3.69. The van der Waals surface area contributed by atoms with Gasteiger partial charge in [-0.1, -0.05) is 6.92 Å². The van der Waals surface area contributed by atoms with Crippen molar-refractivity contribution in [2.24, 2.45) is 0 Å². The topological polar surface area (TPSA) is 55.0 Å². The lowest BCUT2D eigenvalue weighted by atomic mass is 10.1. The summed E-state index contributed by atoms with van der Waals surface area (Å²) >= 11 is 0. The van der Waals surface area contributed by atoms with Crippen LogP contribution in [0.2, 0.25) is 0 Å². The fourth-order valence-corrected chi connectivity index (χ4v) is 2.19. The number of rotatable bonds is 1. The Balaban J connectivity index is 0.00000128. The van der Waals surface area contributed by atoms with Crippen LogP contribution in [-0.2, 0) is 12.8 Å². The molecule has 0 aliphatic carbocycles. The zero-order valence-electron chi connectivity index (χ0n) is 10.2. The van der Waals surface area contributed by atoms with Gasteiger partial charge >= 0.3 is 0 Å². The SMILES string of the molecule is CCN1CCc2ncc(N)nc2C[C@H]1C.Cl.Cl. The van der Waals surface area contributed by atoms with E-state index in [0.29, 0.717) is 11.9 Å². The Kier molecular flexibility index (Phi) is 6.75. The van der Waals surface area contributed by atoms with Gasteiger partial charge in [0.1, 0.15) is 5.82 Å². The molecule has 0 radical (unpaired) electrons. The van der Waals surface area contributed by atoms with Crippen LogP contribution in [0.4, 0.5) is 5.82 Å². The number of likely N-dealkylation sites (N-methyl/N-ethyl adjacent to an activating group) is 1. The number of anilines is 1. The van der Waals surface area contributed by atoms with Gasteiger partial charge in [-0.25, -0.2) is 4.98 Å². The van der Waals surface area contributed by atoms with Gasteiger partial charge in [0, 0.05) is 25.4 Å². The fraction of sp³-hybridized carbons (Fsp3) is 0.636. The van der Waals surface area contributed by atoms with Crippen LogP contribution in [0.25, 0.3) is 0 Å². The molecule has 17 heavy (non-hydrogen) atoms. The van der Waals surface area contributed by atoms with Crippen LogP contribution in [0.5, 0.6) is 0 Å². The predicted octanol–water partition coefficient (Wildman–Crippen LogP) is 1.71. The van der Waals surface area contributed by atoms with E-state index in [1.165, 1.54) is 0 Å². The molecule has 1 aliphatic rings. The molecule has 2 rings (SSSR count). The quantitative estimate of drug-likeness (QED) is 0.850. The maximum Gasteiger partial charge on any atom is 0.142 e. The molecule has 1 aromatic heterocycles. The average molecular weight is 279 g/mol. The van der Waals surface area contributed by atoms with Gasteiger partial charge < -0.3 is 10.6 Å². The standard InChI is InChI=1S/C11H18N4.2ClH/c1-3-15-5-4-9-10(6-8(15)2)14-11(12)7-13-9;;/h7-8H,3-6H2,1-2H3,(H2,12,14);2*1H/t8-;;/m1../s1. The van der Waals surface area contributed by atoms with Crippen LogP contribution in [0.1, 0.15) is 25.2 Å². The van der Waals surface area contributed by atoms with Gasteiger partial charge in [-0.3, -0.25) is 4.98 Å². The van der Waals surface area contributed by atoms with Crippen molar-refractivity contribution in [3.05, 3.63) is 17.6 Å². The van der Waals surface area contributed by atoms with Crippen molar-refractivity contribution in [3.8, 4) is 0 Å². The van der Waals surface area contributed by atoms with E-state index in [0.717, 1.165) is 37.3 Å². The number of halogens is 2. The maximum absolute atomic E-state index is 5.66. The number of hydrogen-bond donors (Lipinski definition) is 1. The van der Waals surface area contributed by atoms with E-state index >= 15 is 0 Å². The second-order valence-electron chi connectivity index (χ2n) is 4.12. The van der Waals surface area contributed by atoms with Crippen molar-refractivity contribution in [1.29, 1.82) is 0 Å². The maximum atomic E-state index is 5.66. The molecule has 0 bridgehead atoms. The van der Waals surface area contributed by atoms with E-state index in [9.17, 15) is 0 Å². The first-order valence-corrected chi connectivity index (χ1v) is 5.55. The summed E-state index contributed by atoms with van der Waals surface area (Å²) < 4.78 is 0. The minimum Gasteiger partial charge on any atom is -0.382 e. The summed E-state index contributed by atoms with van der Waals surface area (Å²) in [6, 6.07) is 0.535. The Hall–Kier alpha value is -0.580.